The van der Waals surface area contributed by atoms with E-state index in [4.69, 9.17) is 30.8 Å². The average Bonchev–Trinajstić information content (AvgIpc) is 3.86. The van der Waals surface area contributed by atoms with E-state index in [1.807, 2.05) is 74.6 Å². The largest absolute Gasteiger partial charge is 0.373 e. The van der Waals surface area contributed by atoms with Crippen LogP contribution < -0.4 is 0 Å². The molecule has 0 aromatic heterocycles. The van der Waals surface area contributed by atoms with Gasteiger partial charge in [-0.1, -0.05) is 24.3 Å². The van der Waals surface area contributed by atoms with Crippen molar-refractivity contribution in [1.29, 1.82) is 0 Å². The van der Waals surface area contributed by atoms with Gasteiger partial charge in [0.05, 0.1) is 72.4 Å². The number of fused-ring (bicyclic) bond motifs is 4. The molecule has 8 heteroatoms. The summed E-state index contributed by atoms with van der Waals surface area (Å²) >= 11 is 0. The Hall–Kier alpha value is -5.18. The number of hydrogen-bond donors (Lipinski definition) is 0. The summed E-state index contributed by atoms with van der Waals surface area (Å²) in [5, 5.41) is 0. The highest BCUT2D eigenvalue weighted by Crippen LogP contribution is 2.31. The Morgan fingerprint density at radius 2 is 1.12 bits per heavy atom. The predicted molar refractivity (Wildman–Crippen MR) is 188 cm³/mol. The molecule has 0 radical (unpaired) electrons. The van der Waals surface area contributed by atoms with Gasteiger partial charge >= 0.3 is 0 Å². The molecular formula is C40H34F2N4O2. The topological polar surface area (TPSA) is 67.9 Å². The second kappa shape index (κ2) is 13.9. The molecule has 5 aliphatic rings. The molecule has 8 bridgehead atoms. The summed E-state index contributed by atoms with van der Waals surface area (Å²) in [5.74, 6) is -0.553. The summed E-state index contributed by atoms with van der Waals surface area (Å²) in [6.07, 6.45) is 17.4. The van der Waals surface area contributed by atoms with Crippen LogP contribution in [0.4, 0.5) is 8.78 Å². The molecule has 2 unspecified atom stereocenters. The summed E-state index contributed by atoms with van der Waals surface area (Å²) in [4.78, 5) is 19.3. The lowest BCUT2D eigenvalue weighted by atomic mass is 10.0. The monoisotopic (exact) mass is 641 g/mol. The van der Waals surface area contributed by atoms with Crippen LogP contribution in [0.3, 0.4) is 0 Å². The lowest BCUT2D eigenvalue weighted by molar-refractivity contribution is 0.0938. The number of ether oxygens (including phenoxy) is 2. The van der Waals surface area contributed by atoms with E-state index >= 15 is 0 Å². The molecule has 5 heterocycles. The number of benzene rings is 2. The smallest absolute Gasteiger partial charge is 0.123 e. The third-order valence-electron chi connectivity index (χ3n) is 8.28. The fourth-order valence-electron chi connectivity index (χ4n) is 5.84. The minimum absolute atomic E-state index is 0.247. The highest BCUT2D eigenvalue weighted by atomic mass is 19.1. The van der Waals surface area contributed by atoms with Gasteiger partial charge in [-0.25, -0.2) is 28.8 Å². The van der Waals surface area contributed by atoms with Gasteiger partial charge in [0.25, 0.3) is 0 Å². The van der Waals surface area contributed by atoms with Crippen molar-refractivity contribution in [2.75, 3.05) is 13.2 Å². The van der Waals surface area contributed by atoms with Gasteiger partial charge in [0.15, 0.2) is 0 Å². The van der Waals surface area contributed by atoms with Gasteiger partial charge in [-0.2, -0.15) is 0 Å². The third-order valence-corrected chi connectivity index (χ3v) is 8.28. The zero-order valence-corrected chi connectivity index (χ0v) is 26.7. The minimum atomic E-state index is -0.474. The van der Waals surface area contributed by atoms with Crippen molar-refractivity contribution in [3.05, 3.63) is 166 Å². The van der Waals surface area contributed by atoms with Gasteiger partial charge in [0.2, 0.25) is 0 Å². The summed E-state index contributed by atoms with van der Waals surface area (Å²) in [7, 11) is 0. The van der Waals surface area contributed by atoms with E-state index in [1.165, 1.54) is 24.3 Å². The first kappa shape index (κ1) is 30.2. The Bertz CT molecular complexity index is 2090. The first-order valence-electron chi connectivity index (χ1n) is 16.5. The first-order valence-corrected chi connectivity index (χ1v) is 16.0. The second-order valence-corrected chi connectivity index (χ2v) is 11.9. The lowest BCUT2D eigenvalue weighted by Crippen LogP contribution is -2.15. The van der Waals surface area contributed by atoms with E-state index in [2.05, 4.69) is 0 Å². The summed E-state index contributed by atoms with van der Waals surface area (Å²) in [6.45, 7) is 4.61. The van der Waals surface area contributed by atoms with Crippen LogP contribution in [-0.4, -0.2) is 48.3 Å². The highest BCUT2D eigenvalue weighted by Gasteiger charge is 2.25. The summed E-state index contributed by atoms with van der Waals surface area (Å²) < 4.78 is 49.0. The van der Waals surface area contributed by atoms with Gasteiger partial charge < -0.3 is 9.47 Å². The van der Waals surface area contributed by atoms with Crippen molar-refractivity contribution in [2.45, 2.75) is 38.9 Å². The van der Waals surface area contributed by atoms with E-state index in [9.17, 15) is 8.78 Å². The molecule has 0 aliphatic carbocycles. The van der Waals surface area contributed by atoms with Crippen LogP contribution >= 0.6 is 0 Å². The number of nitrogens with zero attached hydrogens (tertiary/aromatic N) is 4. The van der Waals surface area contributed by atoms with E-state index in [1.54, 1.807) is 18.2 Å². The Morgan fingerprint density at radius 3 is 1.75 bits per heavy atom. The molecule has 0 fully saturated rings. The van der Waals surface area contributed by atoms with Crippen LogP contribution in [0.1, 0.15) is 26.3 Å². The zero-order chi connectivity index (χ0) is 33.9. The van der Waals surface area contributed by atoms with Crippen molar-refractivity contribution in [3.8, 4) is 0 Å². The fourth-order valence-corrected chi connectivity index (χ4v) is 5.84. The predicted octanol–water partition coefficient (Wildman–Crippen LogP) is 7.89. The molecule has 6 nitrogen and oxygen atoms in total. The van der Waals surface area contributed by atoms with Crippen LogP contribution in [0.15, 0.2) is 163 Å². The maximum absolute atomic E-state index is 13.7. The molecule has 5 aliphatic heterocycles. The summed E-state index contributed by atoms with van der Waals surface area (Å²) in [5.41, 5.74) is 8.55. The number of rotatable bonds is 10. The van der Waals surface area contributed by atoms with Crippen molar-refractivity contribution in [3.63, 3.8) is 0 Å². The zero-order valence-electron chi connectivity index (χ0n) is 27.7. The standard InChI is InChI=1S/C40H34F2N4O2/c1-25(47-15-13-27-5-3-7-29(41)17-27)37-21-35-20-33-10-9-31(43-33)19-32-11-12-34(44-32)23-39-38(22-36(46-39)24-40(37)45-35)26(2)48-16-14-28-6-4-8-30(42)18-28/h3-12,17-26H,13-16H2,1-2H3/i21D. The van der Waals surface area contributed by atoms with Gasteiger partial charge in [-0.3, -0.25) is 0 Å². The van der Waals surface area contributed by atoms with Crippen molar-refractivity contribution in [2.24, 2.45) is 20.0 Å². The number of allylic oxidation sites excluding steroid dienone is 10. The molecule has 2 aromatic carbocycles. The number of aliphatic imine (C=N–C) groups is 4. The van der Waals surface area contributed by atoms with Crippen LogP contribution in [-0.2, 0) is 22.3 Å². The molecule has 0 N–H and O–H groups in total. The van der Waals surface area contributed by atoms with Crippen molar-refractivity contribution >= 4 is 22.8 Å². The minimum Gasteiger partial charge on any atom is -0.373 e. The van der Waals surface area contributed by atoms with Crippen LogP contribution in [0.25, 0.3) is 0 Å². The SMILES string of the molecule is [2H]C1=C(C(C)OCCc2cccc(F)c2)C2=CC3=NC(=CC4=NC(=CC5=NC(=CC1=N2)C=C5)C=C4)C(C(C)OCCc1cccc(F)c1)=C3. The molecule has 0 saturated heterocycles. The van der Waals surface area contributed by atoms with E-state index in [0.29, 0.717) is 60.1 Å². The lowest BCUT2D eigenvalue weighted by Gasteiger charge is -2.15. The van der Waals surface area contributed by atoms with Crippen LogP contribution in [0, 0.1) is 11.6 Å². The van der Waals surface area contributed by atoms with Gasteiger partial charge in [-0.15, -0.1) is 0 Å². The molecule has 0 amide bonds. The number of hydrogen-bond acceptors (Lipinski definition) is 6. The molecular weight excluding hydrogens is 606 g/mol. The van der Waals surface area contributed by atoms with Gasteiger partial charge in [-0.05, 0) is 123 Å². The summed E-state index contributed by atoms with van der Waals surface area (Å²) in [6, 6.07) is 13.2. The quantitative estimate of drug-likeness (QED) is 0.265. The maximum Gasteiger partial charge on any atom is 0.123 e. The molecule has 2 atom stereocenters. The van der Waals surface area contributed by atoms with Crippen LogP contribution in [0.2, 0.25) is 0 Å². The van der Waals surface area contributed by atoms with Crippen LogP contribution in [0.5, 0.6) is 0 Å². The molecule has 7 rings (SSSR count). The third kappa shape index (κ3) is 7.51. The van der Waals surface area contributed by atoms with Crippen molar-refractivity contribution in [1.82, 2.24) is 0 Å². The van der Waals surface area contributed by atoms with Gasteiger partial charge in [0, 0.05) is 11.1 Å². The molecule has 0 spiro atoms. The average molecular weight is 642 g/mol. The van der Waals surface area contributed by atoms with Crippen molar-refractivity contribution < 1.29 is 19.6 Å². The first-order chi connectivity index (χ1) is 23.8. The molecule has 2 aromatic rings. The van der Waals surface area contributed by atoms with E-state index in [-0.39, 0.29) is 23.8 Å². The normalized spacial score (nSPS) is 19.5. The Labute approximate surface area is 280 Å². The molecule has 48 heavy (non-hydrogen) atoms. The van der Waals surface area contributed by atoms with E-state index < -0.39 is 6.10 Å². The Balaban J connectivity index is 1.20. The molecule has 240 valence electrons. The van der Waals surface area contributed by atoms with E-state index in [0.717, 1.165) is 33.8 Å². The Morgan fingerprint density at radius 1 is 0.604 bits per heavy atom. The highest BCUT2D eigenvalue weighted by molar-refractivity contribution is 6.15. The van der Waals surface area contributed by atoms with Gasteiger partial charge in [0.1, 0.15) is 11.6 Å². The maximum atomic E-state index is 13.7. The fraction of sp³-hybridized carbons (Fsp3) is 0.200. The number of halogens is 2. The second-order valence-electron chi connectivity index (χ2n) is 11.9. The Kier molecular flexibility index (Phi) is 8.73. The molecule has 0 saturated carbocycles.